The predicted octanol–water partition coefficient (Wildman–Crippen LogP) is 4.09. The van der Waals surface area contributed by atoms with E-state index < -0.39 is 0 Å². The second-order valence-corrected chi connectivity index (χ2v) is 6.30. The van der Waals surface area contributed by atoms with Crippen molar-refractivity contribution >= 4 is 0 Å². The average molecular weight is 219 g/mol. The summed E-state index contributed by atoms with van der Waals surface area (Å²) in [6, 6.07) is 7.29. The predicted molar refractivity (Wildman–Crippen MR) is 69.2 cm³/mol. The van der Waals surface area contributed by atoms with Crippen LogP contribution in [0.15, 0.2) is 12.1 Å². The Balaban J connectivity index is 3.51. The number of hydrogen-bond acceptors (Lipinski definition) is 1. The van der Waals surface area contributed by atoms with Crippen molar-refractivity contribution in [2.24, 2.45) is 0 Å². The van der Waals surface area contributed by atoms with Gasteiger partial charge in [0.25, 0.3) is 0 Å². The van der Waals surface area contributed by atoms with Crippen molar-refractivity contribution in [2.75, 3.05) is 7.11 Å². The molecule has 0 bridgehead atoms. The van der Waals surface area contributed by atoms with E-state index in [9.17, 15) is 0 Å². The summed E-state index contributed by atoms with van der Waals surface area (Å²) in [7, 11) is 1.72. The second-order valence-electron chi connectivity index (χ2n) is 6.30. The van der Waals surface area contributed by atoms with E-state index in [-0.39, 0.29) is 10.8 Å². The van der Waals surface area contributed by atoms with Crippen molar-refractivity contribution in [1.82, 2.24) is 0 Å². The molecular weight excluding hydrogens is 196 g/mol. The molecule has 0 N–H and O–H groups in total. The van der Waals surface area contributed by atoms with Crippen molar-refractivity contribution in [1.29, 1.82) is 0 Å². The minimum absolute atomic E-state index is 0.0751. The van der Waals surface area contributed by atoms with E-state index in [0.717, 1.165) is 5.75 Å². The Hall–Kier alpha value is -0.980. The van der Waals surface area contributed by atoms with Gasteiger partial charge in [-0.25, -0.2) is 0 Å². The molecule has 0 aromatic heterocycles. The van der Waals surface area contributed by atoms with Crippen LogP contribution in [-0.2, 0) is 10.8 Å². The smallest absolute Gasteiger partial charge is 0.130 e. The third-order valence-electron chi connectivity index (χ3n) is 2.72. The fourth-order valence-electron chi connectivity index (χ4n) is 2.01. The number of methoxy groups -OCH3 is 1. The highest BCUT2D eigenvalue weighted by Gasteiger charge is 2.28. The van der Waals surface area contributed by atoms with E-state index in [1.165, 1.54) is 11.1 Å². The quantitative estimate of drug-likeness (QED) is 0.691. The van der Waals surface area contributed by atoms with Crippen LogP contribution >= 0.6 is 0 Å². The first kappa shape index (κ1) is 13.1. The van der Waals surface area contributed by atoms with E-state index in [2.05, 4.69) is 53.7 Å². The molecule has 0 unspecified atom stereocenters. The minimum Gasteiger partial charge on any atom is -0.496 e. The van der Waals surface area contributed by atoms with E-state index >= 15 is 0 Å². The molecule has 0 atom stereocenters. The summed E-state index contributed by atoms with van der Waals surface area (Å²) in [6.07, 6.45) is 0. The van der Waals surface area contributed by atoms with E-state index in [1.54, 1.807) is 7.11 Å². The monoisotopic (exact) mass is 219 g/mol. The summed E-state index contributed by atoms with van der Waals surface area (Å²) in [6.45, 7) is 13.3. The van der Waals surface area contributed by atoms with Crippen LogP contribution in [0, 0.1) is 6.07 Å². The molecule has 0 fully saturated rings. The molecule has 0 amide bonds. The lowest BCUT2D eigenvalue weighted by atomic mass is 9.75. The first-order chi connectivity index (χ1) is 7.18. The third kappa shape index (κ3) is 2.58. The zero-order valence-corrected chi connectivity index (χ0v) is 11.6. The largest absolute Gasteiger partial charge is 0.496 e. The van der Waals surface area contributed by atoms with E-state index in [1.807, 2.05) is 6.07 Å². The maximum Gasteiger partial charge on any atom is 0.130 e. The Labute approximate surface area is 99.8 Å². The van der Waals surface area contributed by atoms with Gasteiger partial charge in [-0.3, -0.25) is 0 Å². The van der Waals surface area contributed by atoms with Gasteiger partial charge in [0.05, 0.1) is 7.11 Å². The fourth-order valence-corrected chi connectivity index (χ4v) is 2.01. The van der Waals surface area contributed by atoms with Crippen LogP contribution in [0.2, 0.25) is 0 Å². The molecule has 89 valence electrons. The average Bonchev–Trinajstić information content (AvgIpc) is 2.13. The van der Waals surface area contributed by atoms with Gasteiger partial charge >= 0.3 is 0 Å². The molecule has 0 heterocycles. The van der Waals surface area contributed by atoms with Gasteiger partial charge in [-0.15, -0.1) is 0 Å². The molecule has 1 aromatic carbocycles. The Morgan fingerprint density at radius 3 is 1.94 bits per heavy atom. The molecule has 0 aliphatic heterocycles. The van der Waals surface area contributed by atoms with Crippen LogP contribution in [-0.4, -0.2) is 7.11 Å². The van der Waals surface area contributed by atoms with Crippen LogP contribution in [0.5, 0.6) is 5.75 Å². The molecule has 1 aromatic rings. The summed E-state index contributed by atoms with van der Waals surface area (Å²) in [5, 5.41) is 0. The SMILES string of the molecule is COc1[c]ccc(C(C)(C)C)c1C(C)(C)C. The molecular formula is C15H23O. The van der Waals surface area contributed by atoms with Crippen LogP contribution in [0.1, 0.15) is 52.7 Å². The molecule has 0 saturated carbocycles. The van der Waals surface area contributed by atoms with Crippen LogP contribution in [0.3, 0.4) is 0 Å². The van der Waals surface area contributed by atoms with Gasteiger partial charge in [-0.2, -0.15) is 0 Å². The highest BCUT2D eigenvalue weighted by molar-refractivity contribution is 5.46. The molecule has 0 saturated heterocycles. The molecule has 1 heteroatoms. The van der Waals surface area contributed by atoms with Crippen molar-refractivity contribution in [3.8, 4) is 5.75 Å². The number of benzene rings is 1. The molecule has 1 radical (unpaired) electrons. The molecule has 0 spiro atoms. The second kappa shape index (κ2) is 4.12. The van der Waals surface area contributed by atoms with Crippen molar-refractivity contribution < 1.29 is 4.74 Å². The normalized spacial score (nSPS) is 12.7. The lowest BCUT2D eigenvalue weighted by Crippen LogP contribution is -2.22. The summed E-state index contributed by atoms with van der Waals surface area (Å²) >= 11 is 0. The number of hydrogen-bond donors (Lipinski definition) is 0. The molecule has 0 aliphatic carbocycles. The maximum atomic E-state index is 5.45. The molecule has 1 nitrogen and oxygen atoms in total. The van der Waals surface area contributed by atoms with Gasteiger partial charge in [0.2, 0.25) is 0 Å². The highest BCUT2D eigenvalue weighted by Crippen LogP contribution is 2.39. The number of ether oxygens (including phenoxy) is 1. The van der Waals surface area contributed by atoms with E-state index in [0.29, 0.717) is 0 Å². The summed E-state index contributed by atoms with van der Waals surface area (Å²) in [5.74, 6) is 0.875. The first-order valence-corrected chi connectivity index (χ1v) is 5.77. The van der Waals surface area contributed by atoms with Crippen molar-refractivity contribution in [3.63, 3.8) is 0 Å². The Kier molecular flexibility index (Phi) is 3.37. The Morgan fingerprint density at radius 1 is 1.00 bits per heavy atom. The first-order valence-electron chi connectivity index (χ1n) is 5.77. The topological polar surface area (TPSA) is 9.23 Å². The molecule has 1 rings (SSSR count). The van der Waals surface area contributed by atoms with Gasteiger partial charge in [0.1, 0.15) is 5.75 Å². The summed E-state index contributed by atoms with van der Waals surface area (Å²) in [4.78, 5) is 0. The lowest BCUT2D eigenvalue weighted by Gasteiger charge is -2.31. The zero-order chi connectivity index (χ0) is 12.6. The van der Waals surface area contributed by atoms with Crippen LogP contribution in [0.25, 0.3) is 0 Å². The van der Waals surface area contributed by atoms with Crippen LogP contribution < -0.4 is 4.74 Å². The Morgan fingerprint density at radius 2 is 1.56 bits per heavy atom. The van der Waals surface area contributed by atoms with Gasteiger partial charge in [0.15, 0.2) is 0 Å². The molecule has 0 aliphatic rings. The van der Waals surface area contributed by atoms with Gasteiger partial charge in [-0.05, 0) is 16.4 Å². The Bertz CT molecular complexity index is 364. The standard InChI is InChI=1S/C15H23O/c1-14(2,3)11-9-8-10-12(16-7)13(11)15(4,5)6/h8-9H,1-7H3. The number of rotatable bonds is 1. The van der Waals surface area contributed by atoms with Crippen LogP contribution in [0.4, 0.5) is 0 Å². The summed E-state index contributed by atoms with van der Waals surface area (Å²) < 4.78 is 5.45. The van der Waals surface area contributed by atoms with Gasteiger partial charge < -0.3 is 4.74 Å². The highest BCUT2D eigenvalue weighted by atomic mass is 16.5. The van der Waals surface area contributed by atoms with E-state index in [4.69, 9.17) is 4.74 Å². The van der Waals surface area contributed by atoms with Crippen molar-refractivity contribution in [3.05, 3.63) is 29.3 Å². The lowest BCUT2D eigenvalue weighted by molar-refractivity contribution is 0.391. The zero-order valence-electron chi connectivity index (χ0n) is 11.6. The third-order valence-corrected chi connectivity index (χ3v) is 2.72. The summed E-state index contributed by atoms with van der Waals surface area (Å²) in [5.41, 5.74) is 2.82. The minimum atomic E-state index is 0.0751. The van der Waals surface area contributed by atoms with Crippen molar-refractivity contribution in [2.45, 2.75) is 52.4 Å². The molecule has 16 heavy (non-hydrogen) atoms. The van der Waals surface area contributed by atoms with Gasteiger partial charge in [-0.1, -0.05) is 53.7 Å². The van der Waals surface area contributed by atoms with Gasteiger partial charge in [0, 0.05) is 11.6 Å². The maximum absolute atomic E-state index is 5.45. The fraction of sp³-hybridized carbons (Fsp3) is 0.600.